The van der Waals surface area contributed by atoms with Crippen LogP contribution in [0, 0.1) is 5.41 Å². The van der Waals surface area contributed by atoms with E-state index in [4.69, 9.17) is 31.0 Å². The third-order valence-corrected chi connectivity index (χ3v) is 10.9. The van der Waals surface area contributed by atoms with Gasteiger partial charge < -0.3 is 41.9 Å². The molecule has 2 aliphatic heterocycles. The summed E-state index contributed by atoms with van der Waals surface area (Å²) >= 11 is 0.955. The van der Waals surface area contributed by atoms with Crippen molar-refractivity contribution >= 4 is 56.2 Å². The van der Waals surface area contributed by atoms with E-state index in [0.717, 1.165) is 16.9 Å². The smallest absolute Gasteiger partial charge is 0.418 e. The molecular formula is C31H42N8O11S2. The summed E-state index contributed by atoms with van der Waals surface area (Å²) in [5.74, 6) is -2.92. The third-order valence-electron chi connectivity index (χ3n) is 9.85. The molecule has 0 radical (unpaired) electrons. The zero-order valence-electron chi connectivity index (χ0n) is 28.8. The lowest BCUT2D eigenvalue weighted by molar-refractivity contribution is -0.218. The van der Waals surface area contributed by atoms with Gasteiger partial charge in [-0.15, -0.1) is 15.6 Å². The number of benzene rings is 1. The Hall–Kier alpha value is -4.41. The monoisotopic (exact) mass is 766 g/mol. The van der Waals surface area contributed by atoms with Crippen LogP contribution in [0.25, 0.3) is 0 Å². The van der Waals surface area contributed by atoms with Gasteiger partial charge in [-0.2, -0.15) is 13.5 Å². The van der Waals surface area contributed by atoms with Crippen LogP contribution < -0.4 is 26.8 Å². The molecule has 10 N–H and O–H groups in total. The Morgan fingerprint density at radius 1 is 1.25 bits per heavy atom. The van der Waals surface area contributed by atoms with Crippen molar-refractivity contribution in [3.8, 4) is 5.75 Å². The van der Waals surface area contributed by atoms with Crippen LogP contribution in [0.4, 0.5) is 5.13 Å². The first-order valence-corrected chi connectivity index (χ1v) is 18.4. The highest BCUT2D eigenvalue weighted by Crippen LogP contribution is 2.37. The molecule has 3 aliphatic rings. The van der Waals surface area contributed by atoms with Crippen LogP contribution in [0.15, 0.2) is 28.7 Å². The van der Waals surface area contributed by atoms with Crippen LogP contribution in [0.1, 0.15) is 76.6 Å². The fourth-order valence-electron chi connectivity index (χ4n) is 6.28. The number of hydroxylamine groups is 2. The number of hydrogen-bond donors (Lipinski definition) is 8. The number of rotatable bonds is 12. The second kappa shape index (κ2) is 13.9. The Kier molecular flexibility index (Phi) is 10.3. The van der Waals surface area contributed by atoms with Gasteiger partial charge in [0.1, 0.15) is 23.3 Å². The van der Waals surface area contributed by atoms with Gasteiger partial charge in [-0.05, 0) is 90.0 Å². The summed E-state index contributed by atoms with van der Waals surface area (Å²) in [5, 5.41) is 40.0. The number of amides is 2. The molecule has 21 heteroatoms. The highest BCUT2D eigenvalue weighted by Gasteiger charge is 2.58. The van der Waals surface area contributed by atoms with Gasteiger partial charge in [0, 0.05) is 22.0 Å². The standard InChI is InChI=1S/C31H42N8O11S2/c1-28(2)22(25(42)39(28)50-52(45,46)47)36-24(41)21(18-14-51-27(33)35-18)38-49-30(4,26(43)44)20-8-6-16-13-17(5-7-19(16)48-20)23(32)37-29(3)9-11-31(34,15-40)12-10-29/h5,7,13-14,20,22,40H,6,8-12,15,34H2,1-4H3,(H2,32,37)(H2,33,35)(H,36,41)(H,43,44)(H,45,46,47). The van der Waals surface area contributed by atoms with Crippen LogP contribution >= 0.6 is 11.3 Å². The van der Waals surface area contributed by atoms with Crippen molar-refractivity contribution in [2.24, 2.45) is 10.9 Å². The molecule has 1 aromatic heterocycles. The molecule has 1 saturated carbocycles. The number of amidine groups is 1. The average Bonchev–Trinajstić information content (AvgIpc) is 3.51. The number of carbonyl (C=O) groups is 3. The van der Waals surface area contributed by atoms with Crippen LogP contribution in [0.3, 0.4) is 0 Å². The molecule has 2 fully saturated rings. The maximum Gasteiger partial charge on any atom is 0.418 e. The number of β-lactam (4-membered cyclic amide) rings is 1. The predicted molar refractivity (Wildman–Crippen MR) is 186 cm³/mol. The van der Waals surface area contributed by atoms with E-state index >= 15 is 0 Å². The molecule has 0 spiro atoms. The number of anilines is 1. The highest BCUT2D eigenvalue weighted by atomic mass is 32.3. The van der Waals surface area contributed by atoms with E-state index < -0.39 is 62.7 Å². The number of aliphatic hydroxyl groups is 1. The van der Waals surface area contributed by atoms with Gasteiger partial charge in [-0.1, -0.05) is 5.16 Å². The van der Waals surface area contributed by atoms with E-state index in [1.54, 1.807) is 18.2 Å². The van der Waals surface area contributed by atoms with Crippen molar-refractivity contribution in [3.05, 3.63) is 40.4 Å². The largest absolute Gasteiger partial charge is 0.485 e. The Labute approximate surface area is 303 Å². The molecule has 2 amide bonds. The SMILES string of the molecule is CC1(NC(=N)c2ccc3c(c2)CCC(C(C)(ON=C(C(=O)NC2C(=O)N(OS(=O)(=O)O)C2(C)C)c2csc(N)n2)C(=O)O)O3)CCC(N)(CO)CC1. The van der Waals surface area contributed by atoms with Crippen molar-refractivity contribution in [2.75, 3.05) is 12.3 Å². The fraction of sp³-hybridized carbons (Fsp3) is 0.548. The van der Waals surface area contributed by atoms with Gasteiger partial charge in [0.05, 0.1) is 12.1 Å². The quantitative estimate of drug-likeness (QED) is 0.0479. The van der Waals surface area contributed by atoms with Crippen molar-refractivity contribution in [1.82, 2.24) is 20.7 Å². The summed E-state index contributed by atoms with van der Waals surface area (Å²) < 4.78 is 41.8. The summed E-state index contributed by atoms with van der Waals surface area (Å²) in [5.41, 5.74) is 8.11. The van der Waals surface area contributed by atoms with E-state index in [1.807, 2.05) is 6.92 Å². The molecule has 2 aromatic rings. The number of fused-ring (bicyclic) bond motifs is 1. The lowest BCUT2D eigenvalue weighted by Gasteiger charge is -2.50. The zero-order chi connectivity index (χ0) is 38.4. The number of nitrogens with one attached hydrogen (secondary N) is 3. The number of nitrogens with zero attached hydrogens (tertiary/aromatic N) is 3. The molecule has 3 atom stereocenters. The van der Waals surface area contributed by atoms with Gasteiger partial charge in [-0.25, -0.2) is 9.78 Å². The number of nitrogen functional groups attached to an aromatic ring is 1. The average molecular weight is 767 g/mol. The molecule has 1 aliphatic carbocycles. The summed E-state index contributed by atoms with van der Waals surface area (Å²) in [6.07, 6.45) is 2.01. The molecule has 3 unspecified atom stereocenters. The van der Waals surface area contributed by atoms with E-state index in [-0.39, 0.29) is 35.2 Å². The highest BCUT2D eigenvalue weighted by molar-refractivity contribution is 7.80. The number of nitrogens with two attached hydrogens (primary N) is 2. The van der Waals surface area contributed by atoms with Crippen molar-refractivity contribution in [2.45, 2.75) is 101 Å². The number of carbonyl (C=O) groups excluding carboxylic acids is 2. The molecule has 52 heavy (non-hydrogen) atoms. The second-order valence-corrected chi connectivity index (χ2v) is 16.2. The van der Waals surface area contributed by atoms with Crippen molar-refractivity contribution in [1.29, 1.82) is 5.41 Å². The number of carboxylic acid groups (broad SMARTS) is 1. The Morgan fingerprint density at radius 3 is 2.48 bits per heavy atom. The fourth-order valence-corrected chi connectivity index (χ4v) is 7.29. The van der Waals surface area contributed by atoms with Crippen molar-refractivity contribution < 1.29 is 51.4 Å². The van der Waals surface area contributed by atoms with E-state index in [9.17, 15) is 33.0 Å². The molecule has 0 bridgehead atoms. The molecule has 3 heterocycles. The summed E-state index contributed by atoms with van der Waals surface area (Å²) in [6.45, 7) is 5.88. The van der Waals surface area contributed by atoms with Crippen LogP contribution in [0.5, 0.6) is 5.75 Å². The van der Waals surface area contributed by atoms with Crippen LogP contribution in [-0.2, 0) is 40.3 Å². The number of thiazole rings is 1. The lowest BCUT2D eigenvalue weighted by Crippen LogP contribution is -2.76. The number of aryl methyl sites for hydroxylation is 1. The number of ether oxygens (including phenoxy) is 1. The molecule has 1 saturated heterocycles. The number of aromatic nitrogens is 1. The minimum Gasteiger partial charge on any atom is -0.485 e. The molecule has 284 valence electrons. The molecular weight excluding hydrogens is 725 g/mol. The number of aliphatic hydroxyl groups excluding tert-OH is 1. The second-order valence-electron chi connectivity index (χ2n) is 14.3. The Bertz CT molecular complexity index is 1910. The number of aliphatic carboxylic acids is 1. The van der Waals surface area contributed by atoms with Gasteiger partial charge in [0.25, 0.3) is 17.4 Å². The van der Waals surface area contributed by atoms with Gasteiger partial charge in [0.2, 0.25) is 0 Å². The Morgan fingerprint density at radius 2 is 1.92 bits per heavy atom. The van der Waals surface area contributed by atoms with E-state index in [2.05, 4.69) is 25.1 Å². The normalized spacial score (nSPS) is 26.9. The van der Waals surface area contributed by atoms with Gasteiger partial charge in [0.15, 0.2) is 16.9 Å². The van der Waals surface area contributed by atoms with Crippen LogP contribution in [0.2, 0.25) is 0 Å². The van der Waals surface area contributed by atoms with Crippen molar-refractivity contribution in [3.63, 3.8) is 0 Å². The summed E-state index contributed by atoms with van der Waals surface area (Å²) in [7, 11) is -5.04. The molecule has 1 aromatic carbocycles. The minimum absolute atomic E-state index is 0.0475. The first kappa shape index (κ1) is 38.8. The third kappa shape index (κ3) is 7.83. The van der Waals surface area contributed by atoms with Gasteiger partial charge >= 0.3 is 16.4 Å². The zero-order valence-corrected chi connectivity index (χ0v) is 30.5. The first-order valence-electron chi connectivity index (χ1n) is 16.2. The minimum atomic E-state index is -5.04. The van der Waals surface area contributed by atoms with E-state index in [1.165, 1.54) is 26.2 Å². The topological polar surface area (TPSA) is 302 Å². The number of oxime groups is 1. The Balaban J connectivity index is 1.31. The molecule has 19 nitrogen and oxygen atoms in total. The summed E-state index contributed by atoms with van der Waals surface area (Å²) in [6, 6.07) is 3.77. The predicted octanol–water partition coefficient (Wildman–Crippen LogP) is 0.461. The number of carboxylic acids is 1. The first-order chi connectivity index (χ1) is 24.1. The lowest BCUT2D eigenvalue weighted by atomic mass is 9.74. The van der Waals surface area contributed by atoms with E-state index in [0.29, 0.717) is 48.5 Å². The van der Waals surface area contributed by atoms with Gasteiger partial charge in [-0.3, -0.25) is 19.6 Å². The summed E-state index contributed by atoms with van der Waals surface area (Å²) in [4.78, 5) is 48.5. The maximum atomic E-state index is 13.5. The molecule has 5 rings (SSSR count). The maximum absolute atomic E-state index is 13.5. The number of hydrogen-bond acceptors (Lipinski definition) is 15. The van der Waals surface area contributed by atoms with Crippen LogP contribution in [-0.4, -0.2) is 104 Å².